The highest BCUT2D eigenvalue weighted by atomic mass is 79.9. The van der Waals surface area contributed by atoms with E-state index in [1.54, 1.807) is 18.2 Å². The molecule has 0 aromatic heterocycles. The third-order valence-corrected chi connectivity index (χ3v) is 2.90. The van der Waals surface area contributed by atoms with Crippen LogP contribution >= 0.6 is 39.9 Å². The van der Waals surface area contributed by atoms with Gasteiger partial charge in [-0.3, -0.25) is 0 Å². The van der Waals surface area contributed by atoms with E-state index in [4.69, 9.17) is 17.3 Å². The lowest BCUT2D eigenvalue weighted by Crippen LogP contribution is -2.10. The van der Waals surface area contributed by atoms with Crippen molar-refractivity contribution >= 4 is 39.9 Å². The second kappa shape index (κ2) is 6.38. The number of halogens is 3. The van der Waals surface area contributed by atoms with Gasteiger partial charge in [0.2, 0.25) is 0 Å². The summed E-state index contributed by atoms with van der Waals surface area (Å²) in [5.74, 6) is 0.0374. The van der Waals surface area contributed by atoms with Crippen molar-refractivity contribution in [3.63, 3.8) is 0 Å². The zero-order valence-corrected chi connectivity index (χ0v) is 11.1. The molecule has 84 valence electrons. The summed E-state index contributed by atoms with van der Waals surface area (Å²) in [6.07, 6.45) is 2.30. The molecule has 3 N–H and O–H groups in total. The fourth-order valence-electron chi connectivity index (χ4n) is 1.21. The van der Waals surface area contributed by atoms with Crippen molar-refractivity contribution in [2.75, 3.05) is 0 Å². The molecular weight excluding hydrogens is 301 g/mol. The zero-order valence-electron chi connectivity index (χ0n) is 7.91. The van der Waals surface area contributed by atoms with Gasteiger partial charge in [0.05, 0.1) is 5.02 Å². The summed E-state index contributed by atoms with van der Waals surface area (Å²) in [7, 11) is 0. The molecule has 0 bridgehead atoms. The Kier molecular flexibility index (Phi) is 6.29. The minimum absolute atomic E-state index is 0. The molecule has 0 aliphatic rings. The first-order chi connectivity index (χ1) is 6.57. The molecule has 5 heteroatoms. The first-order valence-electron chi connectivity index (χ1n) is 4.11. The predicted molar refractivity (Wildman–Crippen MR) is 69.8 cm³/mol. The van der Waals surface area contributed by atoms with Crippen LogP contribution in [0.25, 0.3) is 0 Å². The maximum Gasteiger partial charge on any atom is 0.140 e. The van der Waals surface area contributed by atoms with E-state index in [0.29, 0.717) is 17.0 Å². The van der Waals surface area contributed by atoms with E-state index >= 15 is 0 Å². The Morgan fingerprint density at radius 1 is 1.60 bits per heavy atom. The van der Waals surface area contributed by atoms with Crippen LogP contribution in [0, 0.1) is 0 Å². The Labute approximate surface area is 109 Å². The summed E-state index contributed by atoms with van der Waals surface area (Å²) in [6.45, 7) is 3.60. The Bertz CT molecular complexity index is 358. The molecule has 0 aliphatic heterocycles. The monoisotopic (exact) mass is 311 g/mol. The van der Waals surface area contributed by atoms with Gasteiger partial charge in [0, 0.05) is 16.1 Å². The highest BCUT2D eigenvalue weighted by Crippen LogP contribution is 2.37. The van der Waals surface area contributed by atoms with Crippen molar-refractivity contribution in [2.45, 2.75) is 12.5 Å². The van der Waals surface area contributed by atoms with E-state index in [2.05, 4.69) is 22.5 Å². The molecule has 1 rings (SSSR count). The van der Waals surface area contributed by atoms with Crippen molar-refractivity contribution in [3.8, 4) is 5.75 Å². The number of aromatic hydroxyl groups is 1. The molecule has 0 saturated heterocycles. The third kappa shape index (κ3) is 3.38. The first kappa shape index (κ1) is 14.8. The summed E-state index contributed by atoms with van der Waals surface area (Å²) in [6, 6.07) is 3.09. The van der Waals surface area contributed by atoms with E-state index in [9.17, 15) is 5.11 Å². The van der Waals surface area contributed by atoms with Gasteiger partial charge >= 0.3 is 0 Å². The highest BCUT2D eigenvalue weighted by molar-refractivity contribution is 9.10. The molecule has 1 aromatic rings. The minimum atomic E-state index is -0.291. The second-order valence-electron chi connectivity index (χ2n) is 2.92. The fraction of sp³-hybridized carbons (Fsp3) is 0.200. The largest absolute Gasteiger partial charge is 0.506 e. The number of nitrogens with two attached hydrogens (primary N) is 1. The normalized spacial score (nSPS) is 11.7. The molecule has 0 amide bonds. The number of phenols is 1. The van der Waals surface area contributed by atoms with E-state index in [1.165, 1.54) is 0 Å². The minimum Gasteiger partial charge on any atom is -0.506 e. The Morgan fingerprint density at radius 3 is 2.73 bits per heavy atom. The maximum atomic E-state index is 9.70. The second-order valence-corrected chi connectivity index (χ2v) is 4.18. The molecule has 0 spiro atoms. The molecule has 0 fully saturated rings. The van der Waals surface area contributed by atoms with Gasteiger partial charge in [-0.15, -0.1) is 19.0 Å². The molecule has 1 aromatic carbocycles. The molecule has 0 saturated carbocycles. The van der Waals surface area contributed by atoms with Crippen LogP contribution in [0.2, 0.25) is 5.02 Å². The number of phenolic OH excluding ortho intramolecular Hbond substituents is 1. The number of rotatable bonds is 3. The van der Waals surface area contributed by atoms with Gasteiger partial charge in [-0.25, -0.2) is 0 Å². The lowest BCUT2D eigenvalue weighted by Gasteiger charge is -2.14. The van der Waals surface area contributed by atoms with Gasteiger partial charge in [0.25, 0.3) is 0 Å². The van der Waals surface area contributed by atoms with E-state index in [1.807, 2.05) is 0 Å². The molecule has 0 unspecified atom stereocenters. The van der Waals surface area contributed by atoms with Crippen molar-refractivity contribution in [3.05, 3.63) is 39.8 Å². The lowest BCUT2D eigenvalue weighted by atomic mass is 10.0. The van der Waals surface area contributed by atoms with Crippen LogP contribution in [-0.4, -0.2) is 5.11 Å². The van der Waals surface area contributed by atoms with Crippen molar-refractivity contribution in [1.29, 1.82) is 0 Å². The van der Waals surface area contributed by atoms with Crippen molar-refractivity contribution in [2.24, 2.45) is 5.73 Å². The van der Waals surface area contributed by atoms with Gasteiger partial charge in [-0.05, 0) is 18.6 Å². The number of hydrogen-bond donors (Lipinski definition) is 2. The topological polar surface area (TPSA) is 46.2 Å². The third-order valence-electron chi connectivity index (χ3n) is 1.91. The van der Waals surface area contributed by atoms with Gasteiger partial charge in [-0.2, -0.15) is 0 Å². The van der Waals surface area contributed by atoms with Crippen molar-refractivity contribution < 1.29 is 5.11 Å². The van der Waals surface area contributed by atoms with E-state index in [-0.39, 0.29) is 24.2 Å². The number of benzene rings is 1. The van der Waals surface area contributed by atoms with Crippen LogP contribution in [0.4, 0.5) is 0 Å². The van der Waals surface area contributed by atoms with Crippen LogP contribution in [0.1, 0.15) is 18.0 Å². The van der Waals surface area contributed by atoms with E-state index in [0.717, 1.165) is 4.47 Å². The van der Waals surface area contributed by atoms with Crippen LogP contribution < -0.4 is 5.73 Å². The Hall–Kier alpha value is -0.220. The van der Waals surface area contributed by atoms with Gasteiger partial charge in [0.15, 0.2) is 0 Å². The summed E-state index contributed by atoms with van der Waals surface area (Å²) in [5.41, 5.74) is 6.48. The molecular formula is C10H12BrCl2NO. The van der Waals surface area contributed by atoms with Gasteiger partial charge in [0.1, 0.15) is 5.75 Å². The van der Waals surface area contributed by atoms with Crippen LogP contribution in [0.15, 0.2) is 29.3 Å². The molecule has 1 atom stereocenters. The zero-order chi connectivity index (χ0) is 10.7. The SMILES string of the molecule is C=CC[C@@H](N)c1c(Br)ccc(Cl)c1O.Cl. The van der Waals surface area contributed by atoms with Crippen LogP contribution in [0.3, 0.4) is 0 Å². The van der Waals surface area contributed by atoms with E-state index < -0.39 is 0 Å². The number of hydrogen-bond acceptors (Lipinski definition) is 2. The summed E-state index contributed by atoms with van der Waals surface area (Å²) < 4.78 is 0.758. The molecule has 0 radical (unpaired) electrons. The first-order valence-corrected chi connectivity index (χ1v) is 5.28. The van der Waals surface area contributed by atoms with Gasteiger partial charge in [-0.1, -0.05) is 33.6 Å². The highest BCUT2D eigenvalue weighted by Gasteiger charge is 2.15. The van der Waals surface area contributed by atoms with Crippen LogP contribution in [0.5, 0.6) is 5.75 Å². The van der Waals surface area contributed by atoms with Gasteiger partial charge < -0.3 is 10.8 Å². The quantitative estimate of drug-likeness (QED) is 0.834. The summed E-state index contributed by atoms with van der Waals surface area (Å²) in [4.78, 5) is 0. The average molecular weight is 313 g/mol. The Morgan fingerprint density at radius 2 is 2.20 bits per heavy atom. The Balaban J connectivity index is 0.00000196. The lowest BCUT2D eigenvalue weighted by molar-refractivity contribution is 0.461. The molecule has 15 heavy (non-hydrogen) atoms. The molecule has 2 nitrogen and oxygen atoms in total. The van der Waals surface area contributed by atoms with Crippen molar-refractivity contribution in [1.82, 2.24) is 0 Å². The smallest absolute Gasteiger partial charge is 0.140 e. The average Bonchev–Trinajstić information content (AvgIpc) is 2.13. The molecule has 0 aliphatic carbocycles. The summed E-state index contributed by atoms with van der Waals surface area (Å²) >= 11 is 9.10. The predicted octanol–water partition coefficient (Wildman–Crippen LogP) is 3.81. The van der Waals surface area contributed by atoms with Crippen LogP contribution in [-0.2, 0) is 0 Å². The maximum absolute atomic E-state index is 9.70. The standard InChI is InChI=1S/C10H11BrClNO.ClH/c1-2-3-8(13)9-6(11)4-5-7(12)10(9)14;/h2,4-5,8,14H,1,3,13H2;1H/t8-;/m1./s1. The fourth-order valence-corrected chi connectivity index (χ4v) is 1.99. The summed E-state index contributed by atoms with van der Waals surface area (Å²) in [5, 5.41) is 10.0. The molecule has 0 heterocycles.